The van der Waals surface area contributed by atoms with Gasteiger partial charge in [0.2, 0.25) is 0 Å². The molecule has 9 nitrogen and oxygen atoms in total. The summed E-state index contributed by atoms with van der Waals surface area (Å²) >= 11 is 0. The van der Waals surface area contributed by atoms with Crippen LogP contribution in [0.5, 0.6) is 0 Å². The third kappa shape index (κ3) is 3.91. The molecule has 1 aliphatic carbocycles. The first-order valence-electron chi connectivity index (χ1n) is 10.4. The van der Waals surface area contributed by atoms with Crippen molar-refractivity contribution in [2.45, 2.75) is 25.1 Å². The van der Waals surface area contributed by atoms with Crippen molar-refractivity contribution < 1.29 is 23.9 Å². The van der Waals surface area contributed by atoms with E-state index in [0.29, 0.717) is 28.2 Å². The zero-order valence-electron chi connectivity index (χ0n) is 17.4. The van der Waals surface area contributed by atoms with E-state index in [1.165, 1.54) is 6.20 Å². The van der Waals surface area contributed by atoms with E-state index in [2.05, 4.69) is 20.6 Å². The number of amides is 2. The molecule has 2 amide bonds. The number of para-hydroxylation sites is 1. The van der Waals surface area contributed by atoms with E-state index < -0.39 is 17.7 Å². The number of alkyl halides is 1. The van der Waals surface area contributed by atoms with Gasteiger partial charge in [0.25, 0.3) is 5.91 Å². The van der Waals surface area contributed by atoms with E-state index in [1.807, 2.05) is 30.3 Å². The lowest BCUT2D eigenvalue weighted by Gasteiger charge is -2.23. The molecule has 1 aromatic carbocycles. The quantitative estimate of drug-likeness (QED) is 0.467. The summed E-state index contributed by atoms with van der Waals surface area (Å²) in [6, 6.07) is 12.5. The molecule has 3 heterocycles. The molecule has 4 N–H and O–H groups in total. The number of aromatic amines is 1. The molecule has 0 unspecified atom stereocenters. The van der Waals surface area contributed by atoms with Crippen LogP contribution < -0.4 is 10.6 Å². The molecule has 1 fully saturated rings. The fraction of sp³-hybridized carbons (Fsp3) is 0.217. The van der Waals surface area contributed by atoms with Crippen LogP contribution in [0.4, 0.5) is 26.4 Å². The fourth-order valence-corrected chi connectivity index (χ4v) is 3.84. The number of hydrogen-bond donors (Lipinski definition) is 4. The third-order valence-corrected chi connectivity index (χ3v) is 5.74. The molecule has 1 aliphatic heterocycles. The maximum absolute atomic E-state index is 14.1. The van der Waals surface area contributed by atoms with Crippen molar-refractivity contribution in [2.75, 3.05) is 17.2 Å². The number of carbonyl (C=O) groups excluding carboxylic acids is 2. The number of carbonyl (C=O) groups is 3. The van der Waals surface area contributed by atoms with Gasteiger partial charge in [0.05, 0.1) is 30.0 Å². The number of pyridine rings is 1. The van der Waals surface area contributed by atoms with Crippen LogP contribution in [0.1, 0.15) is 28.9 Å². The first-order valence-corrected chi connectivity index (χ1v) is 10.4. The molecule has 3 aromatic rings. The van der Waals surface area contributed by atoms with Crippen molar-refractivity contribution >= 4 is 35.0 Å². The topological polar surface area (TPSA) is 127 Å². The van der Waals surface area contributed by atoms with Gasteiger partial charge < -0.3 is 20.7 Å². The van der Waals surface area contributed by atoms with E-state index in [4.69, 9.17) is 0 Å². The van der Waals surface area contributed by atoms with Crippen molar-refractivity contribution in [3.05, 3.63) is 59.9 Å². The Bertz CT molecular complexity index is 1270. The number of fused-ring (bicyclic) bond motifs is 1. The Balaban J connectivity index is 1.56. The van der Waals surface area contributed by atoms with Crippen molar-refractivity contribution in [1.82, 2.24) is 14.9 Å². The normalized spacial score (nSPS) is 16.2. The number of nitrogens with one attached hydrogen (secondary N) is 3. The SMILES string of the molecule is O=C1CN(C(=O)O)Cc2[nH]c(-c3ccnc(NC(=O)C4(F)CC4)c3)c(Nc3ccccc3)c21. The van der Waals surface area contributed by atoms with Gasteiger partial charge in [-0.05, 0) is 37.1 Å². The Hall–Kier alpha value is -4.21. The summed E-state index contributed by atoms with van der Waals surface area (Å²) in [7, 11) is 0. The van der Waals surface area contributed by atoms with Crippen LogP contribution in [-0.4, -0.2) is 50.0 Å². The number of H-pyrrole nitrogens is 1. The van der Waals surface area contributed by atoms with Gasteiger partial charge in [0.15, 0.2) is 11.5 Å². The van der Waals surface area contributed by atoms with Crippen LogP contribution in [0.15, 0.2) is 48.7 Å². The average Bonchev–Trinajstić information content (AvgIpc) is 3.45. The summed E-state index contributed by atoms with van der Waals surface area (Å²) in [5.41, 5.74) is 1.37. The molecule has 2 aromatic heterocycles. The Morgan fingerprint density at radius 1 is 1.15 bits per heavy atom. The molecule has 5 rings (SSSR count). The Morgan fingerprint density at radius 3 is 2.61 bits per heavy atom. The largest absolute Gasteiger partial charge is 0.465 e. The first kappa shape index (κ1) is 20.7. The van der Waals surface area contributed by atoms with E-state index in [-0.39, 0.29) is 37.5 Å². The number of ketones is 1. The molecule has 2 aliphatic rings. The summed E-state index contributed by atoms with van der Waals surface area (Å²) in [6.45, 7) is -0.224. The van der Waals surface area contributed by atoms with Gasteiger partial charge in [-0.25, -0.2) is 14.2 Å². The maximum Gasteiger partial charge on any atom is 0.408 e. The lowest BCUT2D eigenvalue weighted by atomic mass is 10.0. The molecule has 1 saturated carbocycles. The standard InChI is InChI=1S/C23H20FN5O4/c24-23(7-8-23)21(31)28-17-10-13(6-9-25-17)19-20(26-14-4-2-1-3-5-14)18-15(27-19)11-29(22(32)33)12-16(18)30/h1-6,9-10,26-27H,7-8,11-12H2,(H,32,33)(H,25,28,31). The molecule has 33 heavy (non-hydrogen) atoms. The number of nitrogens with zero attached hydrogens (tertiary/aromatic N) is 2. The number of Topliss-reactive ketones (excluding diaryl/α,β-unsaturated/α-hetero) is 1. The number of hydrogen-bond acceptors (Lipinski definition) is 5. The lowest BCUT2D eigenvalue weighted by Crippen LogP contribution is -2.38. The lowest BCUT2D eigenvalue weighted by molar-refractivity contribution is -0.122. The molecule has 0 atom stereocenters. The Morgan fingerprint density at radius 2 is 1.91 bits per heavy atom. The van der Waals surface area contributed by atoms with Gasteiger partial charge in [-0.15, -0.1) is 0 Å². The second-order valence-electron chi connectivity index (χ2n) is 8.13. The van der Waals surface area contributed by atoms with Crippen molar-refractivity contribution in [2.24, 2.45) is 0 Å². The average molecular weight is 449 g/mol. The van der Waals surface area contributed by atoms with Crippen LogP contribution in [0.25, 0.3) is 11.3 Å². The van der Waals surface area contributed by atoms with Crippen LogP contribution in [0.3, 0.4) is 0 Å². The maximum atomic E-state index is 14.1. The molecule has 168 valence electrons. The van der Waals surface area contributed by atoms with E-state index in [9.17, 15) is 23.9 Å². The van der Waals surface area contributed by atoms with Gasteiger partial charge in [-0.1, -0.05) is 18.2 Å². The van der Waals surface area contributed by atoms with Gasteiger partial charge in [-0.3, -0.25) is 14.5 Å². The van der Waals surface area contributed by atoms with Crippen LogP contribution >= 0.6 is 0 Å². The highest BCUT2D eigenvalue weighted by atomic mass is 19.1. The van der Waals surface area contributed by atoms with Crippen LogP contribution in [0, 0.1) is 0 Å². The van der Waals surface area contributed by atoms with Gasteiger partial charge in [0.1, 0.15) is 5.82 Å². The van der Waals surface area contributed by atoms with Crippen molar-refractivity contribution in [3.8, 4) is 11.3 Å². The summed E-state index contributed by atoms with van der Waals surface area (Å²) in [5.74, 6) is -0.888. The second kappa shape index (κ2) is 7.73. The molecule has 0 bridgehead atoms. The molecule has 10 heteroatoms. The molecule has 0 spiro atoms. The van der Waals surface area contributed by atoms with E-state index in [0.717, 1.165) is 10.6 Å². The number of anilines is 3. The minimum absolute atomic E-state index is 0.0267. The highest BCUT2D eigenvalue weighted by Gasteiger charge is 2.51. The highest BCUT2D eigenvalue weighted by Crippen LogP contribution is 2.41. The van der Waals surface area contributed by atoms with E-state index in [1.54, 1.807) is 12.1 Å². The molecule has 0 radical (unpaired) electrons. The number of benzene rings is 1. The van der Waals surface area contributed by atoms with Gasteiger partial charge >= 0.3 is 6.09 Å². The fourth-order valence-electron chi connectivity index (χ4n) is 3.84. The molecular formula is C23H20FN5O4. The first-order chi connectivity index (χ1) is 15.8. The smallest absolute Gasteiger partial charge is 0.408 e. The number of rotatable bonds is 5. The summed E-state index contributed by atoms with van der Waals surface area (Å²) in [5, 5.41) is 15.1. The van der Waals surface area contributed by atoms with E-state index >= 15 is 0 Å². The second-order valence-corrected chi connectivity index (χ2v) is 8.13. The van der Waals surface area contributed by atoms with Crippen molar-refractivity contribution in [1.29, 1.82) is 0 Å². The highest BCUT2D eigenvalue weighted by molar-refractivity contribution is 6.09. The number of carboxylic acid groups (broad SMARTS) is 1. The minimum Gasteiger partial charge on any atom is -0.465 e. The predicted molar refractivity (Wildman–Crippen MR) is 118 cm³/mol. The number of halogens is 1. The van der Waals surface area contributed by atoms with Crippen LogP contribution in [-0.2, 0) is 11.3 Å². The number of aromatic nitrogens is 2. The summed E-state index contributed by atoms with van der Waals surface area (Å²) in [4.78, 5) is 44.8. The molecular weight excluding hydrogens is 429 g/mol. The summed E-state index contributed by atoms with van der Waals surface area (Å²) in [6.07, 6.45) is 0.668. The molecule has 0 saturated heterocycles. The predicted octanol–water partition coefficient (Wildman–Crippen LogP) is 3.94. The van der Waals surface area contributed by atoms with Gasteiger partial charge in [0, 0.05) is 23.1 Å². The zero-order chi connectivity index (χ0) is 23.2. The summed E-state index contributed by atoms with van der Waals surface area (Å²) < 4.78 is 14.1. The van der Waals surface area contributed by atoms with Crippen molar-refractivity contribution in [3.63, 3.8) is 0 Å². The monoisotopic (exact) mass is 449 g/mol. The Kier molecular flexibility index (Phi) is 4.85. The van der Waals surface area contributed by atoms with Crippen LogP contribution in [0.2, 0.25) is 0 Å². The Labute approximate surface area is 187 Å². The third-order valence-electron chi connectivity index (χ3n) is 5.74. The zero-order valence-corrected chi connectivity index (χ0v) is 17.4. The minimum atomic E-state index is -1.84. The van der Waals surface area contributed by atoms with Gasteiger partial charge in [-0.2, -0.15) is 0 Å².